The van der Waals surface area contributed by atoms with Crippen LogP contribution in [0.4, 0.5) is 0 Å². The van der Waals surface area contributed by atoms with Gasteiger partial charge < -0.3 is 11.1 Å². The maximum Gasteiger partial charge on any atom is 0.286 e. The molecule has 1 aliphatic rings. The Bertz CT molecular complexity index is 822. The Morgan fingerprint density at radius 2 is 2.17 bits per heavy atom. The predicted octanol–water partition coefficient (Wildman–Crippen LogP) is 1.93. The molecule has 0 saturated heterocycles. The normalized spacial score (nSPS) is 16.3. The summed E-state index contributed by atoms with van der Waals surface area (Å²) in [6.45, 7) is 1.95. The molecule has 1 heterocycles. The molecule has 7 heteroatoms. The first-order chi connectivity index (χ1) is 11.4. The van der Waals surface area contributed by atoms with Crippen LogP contribution in [0, 0.1) is 6.92 Å². The molecule has 0 saturated carbocycles. The summed E-state index contributed by atoms with van der Waals surface area (Å²) in [6.07, 6.45) is 3.73. The molecule has 3 N–H and O–H groups in total. The molecule has 0 fully saturated rings. The van der Waals surface area contributed by atoms with Crippen LogP contribution in [0.2, 0.25) is 0 Å². The van der Waals surface area contributed by atoms with Crippen LogP contribution in [0.25, 0.3) is 0 Å². The minimum atomic E-state index is -0.626. The van der Waals surface area contributed by atoms with E-state index in [9.17, 15) is 9.59 Å². The molecule has 2 amide bonds. The number of carbonyl (C=O) groups is 2. The Morgan fingerprint density at radius 3 is 2.88 bits per heavy atom. The molecule has 0 bridgehead atoms. The topological polar surface area (TPSA) is 98.0 Å². The van der Waals surface area contributed by atoms with E-state index in [0.717, 1.165) is 27.7 Å². The Labute approximate surface area is 148 Å². The Morgan fingerprint density at radius 1 is 1.38 bits per heavy atom. The second-order valence-corrected chi connectivity index (χ2v) is 6.76. The molecule has 1 aromatic carbocycles. The number of nitrogens with zero attached hydrogens (tertiary/aromatic N) is 2. The lowest BCUT2D eigenvalue weighted by Gasteiger charge is -2.24. The zero-order chi connectivity index (χ0) is 17.3. The number of fused-ring (bicyclic) bond motifs is 1. The molecule has 1 unspecified atom stereocenters. The van der Waals surface area contributed by atoms with Gasteiger partial charge >= 0.3 is 0 Å². The number of hydrogen-bond donors (Lipinski definition) is 2. The van der Waals surface area contributed by atoms with Gasteiger partial charge in [-0.15, -0.1) is 0 Å². The smallest absolute Gasteiger partial charge is 0.286 e. The van der Waals surface area contributed by atoms with Crippen LogP contribution in [0.1, 0.15) is 44.2 Å². The van der Waals surface area contributed by atoms with Gasteiger partial charge in [-0.1, -0.05) is 15.9 Å². The van der Waals surface area contributed by atoms with Crippen molar-refractivity contribution in [3.8, 4) is 0 Å². The maximum atomic E-state index is 12.4. The standard InChI is InChI=1S/C17H17BrN4O2/c1-9-6-10(2-4-13(9)18)17(24)21-12-3-5-14-11(7-12)8-20-16(22-14)15(19)23/h2,4,6,8,12H,3,5,7H2,1H3,(H2,19,23)(H,21,24). The molecule has 1 aliphatic carbocycles. The van der Waals surface area contributed by atoms with Crippen molar-refractivity contribution >= 4 is 27.7 Å². The molecule has 0 spiro atoms. The van der Waals surface area contributed by atoms with E-state index < -0.39 is 5.91 Å². The number of amides is 2. The largest absolute Gasteiger partial charge is 0.363 e. The monoisotopic (exact) mass is 388 g/mol. The van der Waals surface area contributed by atoms with E-state index >= 15 is 0 Å². The summed E-state index contributed by atoms with van der Waals surface area (Å²) in [5.41, 5.74) is 8.65. The van der Waals surface area contributed by atoms with Crippen LogP contribution < -0.4 is 11.1 Å². The van der Waals surface area contributed by atoms with Gasteiger partial charge in [-0.25, -0.2) is 9.97 Å². The van der Waals surface area contributed by atoms with Gasteiger partial charge in [0.2, 0.25) is 5.82 Å². The van der Waals surface area contributed by atoms with Crippen LogP contribution in [-0.2, 0) is 12.8 Å². The summed E-state index contributed by atoms with van der Waals surface area (Å²) in [7, 11) is 0. The summed E-state index contributed by atoms with van der Waals surface area (Å²) >= 11 is 3.43. The highest BCUT2D eigenvalue weighted by molar-refractivity contribution is 9.10. The van der Waals surface area contributed by atoms with Crippen LogP contribution in [0.5, 0.6) is 0 Å². The molecule has 1 aromatic heterocycles. The van der Waals surface area contributed by atoms with Gasteiger partial charge in [-0.3, -0.25) is 9.59 Å². The summed E-state index contributed by atoms with van der Waals surface area (Å²) < 4.78 is 0.980. The lowest BCUT2D eigenvalue weighted by molar-refractivity contribution is 0.0933. The summed E-state index contributed by atoms with van der Waals surface area (Å²) in [5.74, 6) is -0.672. The average Bonchev–Trinajstić information content (AvgIpc) is 2.56. The van der Waals surface area contributed by atoms with Gasteiger partial charge in [0.25, 0.3) is 11.8 Å². The molecular formula is C17H17BrN4O2. The number of carbonyl (C=O) groups excluding carboxylic acids is 2. The third-order valence-electron chi connectivity index (χ3n) is 4.13. The number of primary amides is 1. The maximum absolute atomic E-state index is 12.4. The highest BCUT2D eigenvalue weighted by Gasteiger charge is 2.23. The van der Waals surface area contributed by atoms with Gasteiger partial charge in [0.05, 0.1) is 0 Å². The van der Waals surface area contributed by atoms with Crippen molar-refractivity contribution in [2.75, 3.05) is 0 Å². The van der Waals surface area contributed by atoms with E-state index in [2.05, 4.69) is 31.2 Å². The first-order valence-electron chi connectivity index (χ1n) is 7.65. The molecule has 1 atom stereocenters. The minimum Gasteiger partial charge on any atom is -0.363 e. The molecule has 2 aromatic rings. The molecule has 0 aliphatic heterocycles. The van der Waals surface area contributed by atoms with Crippen molar-refractivity contribution in [2.45, 2.75) is 32.2 Å². The van der Waals surface area contributed by atoms with Crippen LogP contribution >= 0.6 is 15.9 Å². The van der Waals surface area contributed by atoms with Crippen molar-refractivity contribution in [3.63, 3.8) is 0 Å². The number of nitrogens with one attached hydrogen (secondary N) is 1. The van der Waals surface area contributed by atoms with E-state index in [0.29, 0.717) is 18.4 Å². The fraction of sp³-hybridized carbons (Fsp3) is 0.294. The third kappa shape index (κ3) is 3.46. The van der Waals surface area contributed by atoms with Crippen molar-refractivity contribution in [2.24, 2.45) is 5.73 Å². The van der Waals surface area contributed by atoms with Gasteiger partial charge in [-0.05, 0) is 55.5 Å². The Balaban J connectivity index is 1.70. The summed E-state index contributed by atoms with van der Waals surface area (Å²) in [4.78, 5) is 31.7. The van der Waals surface area contributed by atoms with E-state index in [1.54, 1.807) is 12.3 Å². The molecule has 3 rings (SSSR count). The van der Waals surface area contributed by atoms with Crippen molar-refractivity contribution < 1.29 is 9.59 Å². The summed E-state index contributed by atoms with van der Waals surface area (Å²) in [5, 5.41) is 3.06. The number of aryl methyl sites for hydroxylation is 2. The van der Waals surface area contributed by atoms with Crippen LogP contribution in [0.3, 0.4) is 0 Å². The second-order valence-electron chi connectivity index (χ2n) is 5.91. The van der Waals surface area contributed by atoms with Gasteiger partial charge in [0.15, 0.2) is 0 Å². The van der Waals surface area contributed by atoms with Crippen molar-refractivity contribution in [1.82, 2.24) is 15.3 Å². The van der Waals surface area contributed by atoms with E-state index in [1.165, 1.54) is 0 Å². The zero-order valence-corrected chi connectivity index (χ0v) is 14.8. The van der Waals surface area contributed by atoms with Crippen molar-refractivity contribution in [1.29, 1.82) is 0 Å². The molecule has 24 heavy (non-hydrogen) atoms. The minimum absolute atomic E-state index is 0.0250. The van der Waals surface area contributed by atoms with E-state index in [-0.39, 0.29) is 17.8 Å². The second kappa shape index (κ2) is 6.68. The zero-order valence-electron chi connectivity index (χ0n) is 13.2. The lowest BCUT2D eigenvalue weighted by Crippen LogP contribution is -2.39. The van der Waals surface area contributed by atoms with Crippen LogP contribution in [-0.4, -0.2) is 27.8 Å². The van der Waals surface area contributed by atoms with Gasteiger partial charge in [-0.2, -0.15) is 0 Å². The highest BCUT2D eigenvalue weighted by Crippen LogP contribution is 2.21. The highest BCUT2D eigenvalue weighted by atomic mass is 79.9. The number of halogens is 1. The van der Waals surface area contributed by atoms with E-state index in [4.69, 9.17) is 5.73 Å². The third-order valence-corrected chi connectivity index (χ3v) is 5.02. The quantitative estimate of drug-likeness (QED) is 0.838. The number of hydrogen-bond acceptors (Lipinski definition) is 4. The number of aromatic nitrogens is 2. The Kier molecular flexibility index (Phi) is 4.62. The predicted molar refractivity (Wildman–Crippen MR) is 92.7 cm³/mol. The fourth-order valence-electron chi connectivity index (χ4n) is 2.80. The molecular weight excluding hydrogens is 372 g/mol. The molecule has 6 nitrogen and oxygen atoms in total. The van der Waals surface area contributed by atoms with Gasteiger partial charge in [0.1, 0.15) is 0 Å². The number of nitrogens with two attached hydrogens (primary N) is 1. The summed E-state index contributed by atoms with van der Waals surface area (Å²) in [6, 6.07) is 5.56. The van der Waals surface area contributed by atoms with Gasteiger partial charge in [0, 0.05) is 28.0 Å². The first-order valence-corrected chi connectivity index (χ1v) is 8.45. The Hall–Kier alpha value is -2.28. The van der Waals surface area contributed by atoms with E-state index in [1.807, 2.05) is 19.1 Å². The number of rotatable bonds is 3. The molecule has 0 radical (unpaired) electrons. The average molecular weight is 389 g/mol. The van der Waals surface area contributed by atoms with Crippen LogP contribution in [0.15, 0.2) is 28.9 Å². The first kappa shape index (κ1) is 16.6. The SMILES string of the molecule is Cc1cc(C(=O)NC2CCc3nc(C(N)=O)ncc3C2)ccc1Br. The molecule has 124 valence electrons. The number of benzene rings is 1. The lowest BCUT2D eigenvalue weighted by atomic mass is 9.92. The van der Waals surface area contributed by atoms with Crippen molar-refractivity contribution in [3.05, 3.63) is 57.1 Å². The fourth-order valence-corrected chi connectivity index (χ4v) is 3.05.